The number of likely N-dealkylation sites (N-methyl/N-ethyl adjacent to an activating group) is 1. The number of piperidine rings is 1. The molecule has 31 heavy (non-hydrogen) atoms. The third-order valence-electron chi connectivity index (χ3n) is 6.27. The number of amides is 2. The number of carbonyl (C=O) groups is 2. The highest BCUT2D eigenvalue weighted by Crippen LogP contribution is 2.31. The monoisotopic (exact) mass is 441 g/mol. The van der Waals surface area contributed by atoms with E-state index in [2.05, 4.69) is 29.3 Å². The van der Waals surface area contributed by atoms with Crippen molar-refractivity contribution in [2.24, 2.45) is 5.92 Å². The van der Waals surface area contributed by atoms with Crippen LogP contribution in [0, 0.1) is 5.92 Å². The SMILES string of the molecule is CCN1CCc2ccc(NC(=O)C3CCN(C(=O)c4cc(Cl)ccc4OC)CC3)cc21. The second-order valence-corrected chi connectivity index (χ2v) is 8.51. The quantitative estimate of drug-likeness (QED) is 0.754. The number of benzene rings is 2. The number of anilines is 2. The van der Waals surface area contributed by atoms with Crippen LogP contribution in [0.5, 0.6) is 5.75 Å². The topological polar surface area (TPSA) is 61.9 Å². The molecule has 0 atom stereocenters. The van der Waals surface area contributed by atoms with Crippen molar-refractivity contribution in [3.05, 3.63) is 52.5 Å². The van der Waals surface area contributed by atoms with Crippen molar-refractivity contribution in [1.29, 1.82) is 0 Å². The Morgan fingerprint density at radius 1 is 1.13 bits per heavy atom. The highest BCUT2D eigenvalue weighted by molar-refractivity contribution is 6.31. The molecule has 2 aromatic rings. The third-order valence-corrected chi connectivity index (χ3v) is 6.51. The van der Waals surface area contributed by atoms with E-state index in [1.165, 1.54) is 18.4 Å². The lowest BCUT2D eigenvalue weighted by atomic mass is 9.95. The molecule has 2 aromatic carbocycles. The van der Waals surface area contributed by atoms with Crippen LogP contribution in [0.1, 0.15) is 35.7 Å². The Kier molecular flexibility index (Phi) is 6.37. The number of likely N-dealkylation sites (tertiary alicyclic amines) is 1. The summed E-state index contributed by atoms with van der Waals surface area (Å²) in [6.45, 7) is 5.20. The summed E-state index contributed by atoms with van der Waals surface area (Å²) in [7, 11) is 1.54. The summed E-state index contributed by atoms with van der Waals surface area (Å²) < 4.78 is 5.31. The minimum absolute atomic E-state index is 0.0217. The van der Waals surface area contributed by atoms with E-state index < -0.39 is 0 Å². The summed E-state index contributed by atoms with van der Waals surface area (Å²) in [5.41, 5.74) is 3.85. The van der Waals surface area contributed by atoms with Crippen LogP contribution in [0.25, 0.3) is 0 Å². The highest BCUT2D eigenvalue weighted by atomic mass is 35.5. The average molecular weight is 442 g/mol. The predicted octanol–water partition coefficient (Wildman–Crippen LogP) is 4.22. The lowest BCUT2D eigenvalue weighted by Gasteiger charge is -2.31. The predicted molar refractivity (Wildman–Crippen MR) is 123 cm³/mol. The Hall–Kier alpha value is -2.73. The molecule has 164 valence electrons. The van der Waals surface area contributed by atoms with Gasteiger partial charge in [0.05, 0.1) is 12.7 Å². The van der Waals surface area contributed by atoms with E-state index in [0.717, 1.165) is 25.2 Å². The fraction of sp³-hybridized carbons (Fsp3) is 0.417. The fourth-order valence-electron chi connectivity index (χ4n) is 4.46. The van der Waals surface area contributed by atoms with E-state index >= 15 is 0 Å². The van der Waals surface area contributed by atoms with Gasteiger partial charge in [0.1, 0.15) is 5.75 Å². The summed E-state index contributed by atoms with van der Waals surface area (Å²) in [5.74, 6) is 0.303. The molecule has 0 spiro atoms. The number of nitrogens with one attached hydrogen (secondary N) is 1. The van der Waals surface area contributed by atoms with Gasteiger partial charge in [-0.2, -0.15) is 0 Å². The van der Waals surface area contributed by atoms with Crippen LogP contribution in [0.2, 0.25) is 5.02 Å². The van der Waals surface area contributed by atoms with Gasteiger partial charge >= 0.3 is 0 Å². The molecule has 7 heteroatoms. The van der Waals surface area contributed by atoms with Gasteiger partial charge in [-0.3, -0.25) is 9.59 Å². The van der Waals surface area contributed by atoms with Crippen molar-refractivity contribution in [3.8, 4) is 5.75 Å². The molecule has 0 bridgehead atoms. The molecule has 0 saturated carbocycles. The number of nitrogens with zero attached hydrogens (tertiary/aromatic N) is 2. The molecule has 1 N–H and O–H groups in total. The van der Waals surface area contributed by atoms with Gasteiger partial charge in [-0.15, -0.1) is 0 Å². The van der Waals surface area contributed by atoms with Crippen molar-refractivity contribution in [2.45, 2.75) is 26.2 Å². The molecule has 2 amide bonds. The summed E-state index contributed by atoms with van der Waals surface area (Å²) in [5, 5.41) is 3.58. The van der Waals surface area contributed by atoms with Crippen LogP contribution >= 0.6 is 11.6 Å². The molecule has 0 radical (unpaired) electrons. The van der Waals surface area contributed by atoms with Gasteiger partial charge in [-0.25, -0.2) is 0 Å². The summed E-state index contributed by atoms with van der Waals surface area (Å²) in [6, 6.07) is 11.2. The third kappa shape index (κ3) is 4.49. The molecular formula is C24H28ClN3O3. The molecule has 6 nitrogen and oxygen atoms in total. The first-order chi connectivity index (χ1) is 15.0. The minimum atomic E-state index is -0.114. The van der Waals surface area contributed by atoms with E-state index in [9.17, 15) is 9.59 Å². The number of ether oxygens (including phenoxy) is 1. The summed E-state index contributed by atoms with van der Waals surface area (Å²) >= 11 is 6.07. The molecule has 0 aromatic heterocycles. The Morgan fingerprint density at radius 2 is 1.90 bits per heavy atom. The highest BCUT2D eigenvalue weighted by Gasteiger charge is 2.29. The summed E-state index contributed by atoms with van der Waals surface area (Å²) in [6.07, 6.45) is 2.32. The molecule has 2 aliphatic rings. The van der Waals surface area contributed by atoms with E-state index in [0.29, 0.717) is 42.3 Å². The van der Waals surface area contributed by atoms with Crippen LogP contribution in [0.3, 0.4) is 0 Å². The Morgan fingerprint density at radius 3 is 2.61 bits per heavy atom. The van der Waals surface area contributed by atoms with Gasteiger partial charge in [-0.1, -0.05) is 17.7 Å². The molecule has 4 rings (SSSR count). The van der Waals surface area contributed by atoms with Gasteiger partial charge in [0.2, 0.25) is 5.91 Å². The Labute approximate surface area is 188 Å². The van der Waals surface area contributed by atoms with Crippen molar-refractivity contribution in [1.82, 2.24) is 4.90 Å². The smallest absolute Gasteiger partial charge is 0.257 e. The van der Waals surface area contributed by atoms with E-state index in [1.807, 2.05) is 6.07 Å². The second-order valence-electron chi connectivity index (χ2n) is 8.07. The maximum atomic E-state index is 12.9. The van der Waals surface area contributed by atoms with Crippen LogP contribution in [-0.4, -0.2) is 50.0 Å². The van der Waals surface area contributed by atoms with E-state index in [1.54, 1.807) is 23.1 Å². The Bertz CT molecular complexity index is 986. The van der Waals surface area contributed by atoms with Crippen molar-refractivity contribution < 1.29 is 14.3 Å². The van der Waals surface area contributed by atoms with Crippen LogP contribution < -0.4 is 15.0 Å². The van der Waals surface area contributed by atoms with Gasteiger partial charge in [0, 0.05) is 48.5 Å². The Balaban J connectivity index is 1.36. The number of hydrogen-bond acceptors (Lipinski definition) is 4. The zero-order valence-corrected chi connectivity index (χ0v) is 18.7. The fourth-order valence-corrected chi connectivity index (χ4v) is 4.63. The van der Waals surface area contributed by atoms with Gasteiger partial charge in [0.15, 0.2) is 0 Å². The van der Waals surface area contributed by atoms with Crippen molar-refractivity contribution in [3.63, 3.8) is 0 Å². The number of rotatable bonds is 5. The zero-order chi connectivity index (χ0) is 22.0. The van der Waals surface area contributed by atoms with E-state index in [-0.39, 0.29) is 17.7 Å². The first kappa shape index (κ1) is 21.5. The molecular weight excluding hydrogens is 414 g/mol. The van der Waals surface area contributed by atoms with Crippen molar-refractivity contribution >= 4 is 34.8 Å². The molecule has 0 unspecified atom stereocenters. The average Bonchev–Trinajstić information content (AvgIpc) is 3.21. The maximum absolute atomic E-state index is 12.9. The molecule has 0 aliphatic carbocycles. The number of hydrogen-bond donors (Lipinski definition) is 1. The lowest BCUT2D eigenvalue weighted by Crippen LogP contribution is -2.41. The maximum Gasteiger partial charge on any atom is 0.257 e. The lowest BCUT2D eigenvalue weighted by molar-refractivity contribution is -0.121. The van der Waals surface area contributed by atoms with Gasteiger partial charge < -0.3 is 19.9 Å². The second kappa shape index (κ2) is 9.18. The summed E-state index contributed by atoms with van der Waals surface area (Å²) in [4.78, 5) is 29.9. The first-order valence-electron chi connectivity index (χ1n) is 10.8. The van der Waals surface area contributed by atoms with Gasteiger partial charge in [-0.05, 0) is 62.1 Å². The minimum Gasteiger partial charge on any atom is -0.496 e. The van der Waals surface area contributed by atoms with Crippen LogP contribution in [0.4, 0.5) is 11.4 Å². The molecule has 2 heterocycles. The van der Waals surface area contributed by atoms with Crippen LogP contribution in [0.15, 0.2) is 36.4 Å². The number of methoxy groups -OCH3 is 1. The molecule has 1 saturated heterocycles. The van der Waals surface area contributed by atoms with E-state index in [4.69, 9.17) is 16.3 Å². The largest absolute Gasteiger partial charge is 0.496 e. The molecule has 1 fully saturated rings. The van der Waals surface area contributed by atoms with Gasteiger partial charge in [0.25, 0.3) is 5.91 Å². The zero-order valence-electron chi connectivity index (χ0n) is 18.0. The molecule has 2 aliphatic heterocycles. The normalized spacial score (nSPS) is 16.2. The number of halogens is 1. The van der Waals surface area contributed by atoms with Crippen LogP contribution in [-0.2, 0) is 11.2 Å². The first-order valence-corrected chi connectivity index (χ1v) is 11.2. The number of fused-ring (bicyclic) bond motifs is 1. The van der Waals surface area contributed by atoms with Crippen molar-refractivity contribution in [2.75, 3.05) is 43.5 Å². The number of carbonyl (C=O) groups excluding carboxylic acids is 2. The standard InChI is InChI=1S/C24H28ClN3O3/c1-3-27-11-8-16-4-6-19(15-21(16)27)26-23(29)17-9-12-28(13-10-17)24(30)20-14-18(25)5-7-22(20)31-2/h4-7,14-15,17H,3,8-13H2,1-2H3,(H,26,29).